The van der Waals surface area contributed by atoms with Crippen LogP contribution in [0, 0.1) is 5.82 Å². The Kier molecular flexibility index (Phi) is 1.95. The van der Waals surface area contributed by atoms with Crippen molar-refractivity contribution >= 4 is 21.6 Å². The van der Waals surface area contributed by atoms with E-state index in [0.29, 0.717) is 22.3 Å². The number of ether oxygens (including phenoxy) is 1. The van der Waals surface area contributed by atoms with Crippen LogP contribution >= 0.6 is 15.9 Å². The molecule has 1 atom stereocenters. The normalized spacial score (nSPS) is 19.8. The third-order valence-electron chi connectivity index (χ3n) is 2.10. The molecule has 1 heterocycles. The van der Waals surface area contributed by atoms with Gasteiger partial charge in [0.05, 0.1) is 10.2 Å². The predicted octanol–water partition coefficient (Wildman–Crippen LogP) is 2.49. The smallest absolute Gasteiger partial charge is 0.147 e. The molecule has 2 N–H and O–H groups in total. The molecule has 0 radical (unpaired) electrons. The highest BCUT2D eigenvalue weighted by molar-refractivity contribution is 9.10. The number of halogens is 2. The maximum absolute atomic E-state index is 13.2. The summed E-state index contributed by atoms with van der Waals surface area (Å²) in [4.78, 5) is 0. The van der Waals surface area contributed by atoms with Crippen molar-refractivity contribution in [2.45, 2.75) is 19.4 Å². The average Bonchev–Trinajstić information content (AvgIpc) is 2.44. The van der Waals surface area contributed by atoms with Crippen LogP contribution in [0.5, 0.6) is 5.75 Å². The van der Waals surface area contributed by atoms with Gasteiger partial charge in [0.1, 0.15) is 17.7 Å². The Hall–Kier alpha value is -0.770. The van der Waals surface area contributed by atoms with Crippen molar-refractivity contribution < 1.29 is 9.13 Å². The lowest BCUT2D eigenvalue weighted by atomic mass is 10.1. The van der Waals surface area contributed by atoms with Crippen molar-refractivity contribution in [2.75, 3.05) is 5.73 Å². The molecular weight excluding hydrogens is 237 g/mol. The third kappa shape index (κ3) is 1.29. The zero-order valence-electron chi connectivity index (χ0n) is 7.10. The largest absolute Gasteiger partial charge is 0.488 e. The Morgan fingerprint density at radius 3 is 3.08 bits per heavy atom. The van der Waals surface area contributed by atoms with Gasteiger partial charge in [0.25, 0.3) is 0 Å². The molecule has 0 fully saturated rings. The number of nitrogen functional groups attached to an aromatic ring is 1. The van der Waals surface area contributed by atoms with Crippen molar-refractivity contribution in [2.24, 2.45) is 0 Å². The second kappa shape index (κ2) is 2.87. The van der Waals surface area contributed by atoms with Crippen LogP contribution in [0.2, 0.25) is 0 Å². The minimum atomic E-state index is -0.325. The molecule has 2 nitrogen and oxygen atoms in total. The van der Waals surface area contributed by atoms with Crippen LogP contribution in [0.4, 0.5) is 10.1 Å². The van der Waals surface area contributed by atoms with Crippen LogP contribution in [0.15, 0.2) is 10.5 Å². The van der Waals surface area contributed by atoms with E-state index in [9.17, 15) is 4.39 Å². The van der Waals surface area contributed by atoms with Gasteiger partial charge in [-0.2, -0.15) is 0 Å². The van der Waals surface area contributed by atoms with E-state index in [2.05, 4.69) is 15.9 Å². The zero-order valence-corrected chi connectivity index (χ0v) is 8.69. The maximum Gasteiger partial charge on any atom is 0.147 e. The van der Waals surface area contributed by atoms with E-state index in [-0.39, 0.29) is 11.9 Å². The molecule has 2 rings (SSSR count). The summed E-state index contributed by atoms with van der Waals surface area (Å²) in [7, 11) is 0. The Balaban J connectivity index is 2.62. The van der Waals surface area contributed by atoms with Gasteiger partial charge in [-0.25, -0.2) is 4.39 Å². The summed E-state index contributed by atoms with van der Waals surface area (Å²) in [5, 5.41) is 0. The van der Waals surface area contributed by atoms with E-state index in [1.54, 1.807) is 0 Å². The SMILES string of the molecule is C[C@@H]1Cc2c(Br)c(F)cc(N)c2O1. The Morgan fingerprint density at radius 2 is 2.38 bits per heavy atom. The maximum atomic E-state index is 13.2. The molecule has 0 saturated carbocycles. The summed E-state index contributed by atoms with van der Waals surface area (Å²) in [5.74, 6) is 0.301. The molecule has 0 amide bonds. The van der Waals surface area contributed by atoms with Crippen LogP contribution in [-0.2, 0) is 6.42 Å². The van der Waals surface area contributed by atoms with Gasteiger partial charge in [-0.15, -0.1) is 0 Å². The first kappa shape index (κ1) is 8.81. The van der Waals surface area contributed by atoms with Gasteiger partial charge in [0, 0.05) is 18.1 Å². The monoisotopic (exact) mass is 245 g/mol. The number of hydrogen-bond donors (Lipinski definition) is 1. The molecule has 4 heteroatoms. The predicted molar refractivity (Wildman–Crippen MR) is 52.3 cm³/mol. The van der Waals surface area contributed by atoms with Gasteiger partial charge >= 0.3 is 0 Å². The van der Waals surface area contributed by atoms with Crippen molar-refractivity contribution in [3.05, 3.63) is 21.9 Å². The Labute approximate surface area is 84.0 Å². The van der Waals surface area contributed by atoms with Gasteiger partial charge in [0.15, 0.2) is 0 Å². The van der Waals surface area contributed by atoms with E-state index in [4.69, 9.17) is 10.5 Å². The van der Waals surface area contributed by atoms with Crippen LogP contribution in [0.1, 0.15) is 12.5 Å². The summed E-state index contributed by atoms with van der Waals surface area (Å²) >= 11 is 3.18. The summed E-state index contributed by atoms with van der Waals surface area (Å²) in [5.41, 5.74) is 6.83. The highest BCUT2D eigenvalue weighted by Gasteiger charge is 2.25. The number of hydrogen-bond acceptors (Lipinski definition) is 2. The van der Waals surface area contributed by atoms with E-state index in [0.717, 1.165) is 5.56 Å². The molecule has 1 aliphatic rings. The van der Waals surface area contributed by atoms with Crippen molar-refractivity contribution in [1.29, 1.82) is 0 Å². The lowest BCUT2D eigenvalue weighted by Gasteiger charge is -2.06. The summed E-state index contributed by atoms with van der Waals surface area (Å²) in [6.45, 7) is 1.93. The average molecular weight is 246 g/mol. The topological polar surface area (TPSA) is 35.2 Å². The lowest BCUT2D eigenvalue weighted by Crippen LogP contribution is -2.05. The van der Waals surface area contributed by atoms with Crippen LogP contribution in [-0.4, -0.2) is 6.10 Å². The Morgan fingerprint density at radius 1 is 1.69 bits per heavy atom. The van der Waals surface area contributed by atoms with Crippen LogP contribution in [0.25, 0.3) is 0 Å². The third-order valence-corrected chi connectivity index (χ3v) is 2.96. The minimum Gasteiger partial charge on any atom is -0.488 e. The second-order valence-electron chi connectivity index (χ2n) is 3.20. The summed E-state index contributed by atoms with van der Waals surface area (Å²) in [6, 6.07) is 1.28. The van der Waals surface area contributed by atoms with Gasteiger partial charge in [0.2, 0.25) is 0 Å². The highest BCUT2D eigenvalue weighted by Crippen LogP contribution is 2.40. The first-order chi connectivity index (χ1) is 6.09. The molecular formula is C9H9BrFNO. The number of benzene rings is 1. The molecule has 0 bridgehead atoms. The van der Waals surface area contributed by atoms with Gasteiger partial charge < -0.3 is 10.5 Å². The van der Waals surface area contributed by atoms with Gasteiger partial charge in [-0.3, -0.25) is 0 Å². The first-order valence-electron chi connectivity index (χ1n) is 4.02. The number of anilines is 1. The second-order valence-corrected chi connectivity index (χ2v) is 3.99. The van der Waals surface area contributed by atoms with Gasteiger partial charge in [-0.05, 0) is 22.9 Å². The number of nitrogens with two attached hydrogens (primary N) is 1. The molecule has 1 aliphatic heterocycles. The molecule has 0 aromatic heterocycles. The first-order valence-corrected chi connectivity index (χ1v) is 4.82. The number of fused-ring (bicyclic) bond motifs is 1. The molecule has 0 spiro atoms. The Bertz CT molecular complexity index is 367. The van der Waals surface area contributed by atoms with Crippen LogP contribution < -0.4 is 10.5 Å². The summed E-state index contributed by atoms with van der Waals surface area (Å²) < 4.78 is 19.1. The highest BCUT2D eigenvalue weighted by atomic mass is 79.9. The zero-order chi connectivity index (χ0) is 9.59. The minimum absolute atomic E-state index is 0.0791. The van der Waals surface area contributed by atoms with E-state index in [1.165, 1.54) is 6.07 Å². The van der Waals surface area contributed by atoms with Crippen molar-refractivity contribution in [3.8, 4) is 5.75 Å². The quantitative estimate of drug-likeness (QED) is 0.714. The number of rotatable bonds is 0. The lowest BCUT2D eigenvalue weighted by molar-refractivity contribution is 0.256. The van der Waals surface area contributed by atoms with E-state index in [1.807, 2.05) is 6.92 Å². The fourth-order valence-electron chi connectivity index (χ4n) is 1.54. The molecule has 0 saturated heterocycles. The molecule has 0 aliphatic carbocycles. The fourth-order valence-corrected chi connectivity index (χ4v) is 1.99. The molecule has 1 aromatic rings. The summed E-state index contributed by atoms with van der Waals surface area (Å²) in [6.07, 6.45) is 0.785. The van der Waals surface area contributed by atoms with E-state index >= 15 is 0 Å². The van der Waals surface area contributed by atoms with Gasteiger partial charge in [-0.1, -0.05) is 0 Å². The van der Waals surface area contributed by atoms with Crippen LogP contribution in [0.3, 0.4) is 0 Å². The molecule has 70 valence electrons. The van der Waals surface area contributed by atoms with Crippen molar-refractivity contribution in [1.82, 2.24) is 0 Å². The van der Waals surface area contributed by atoms with Crippen molar-refractivity contribution in [3.63, 3.8) is 0 Å². The molecule has 1 aromatic carbocycles. The fraction of sp³-hybridized carbons (Fsp3) is 0.333. The standard InChI is InChI=1S/C9H9BrFNO/c1-4-2-5-8(10)6(11)3-7(12)9(5)13-4/h3-4H,2,12H2,1H3/t4-/m1/s1. The molecule has 0 unspecified atom stereocenters. The molecule has 13 heavy (non-hydrogen) atoms. The van der Waals surface area contributed by atoms with E-state index < -0.39 is 0 Å².